The van der Waals surface area contributed by atoms with E-state index in [9.17, 15) is 14.4 Å². The Morgan fingerprint density at radius 2 is 1.84 bits per heavy atom. The van der Waals surface area contributed by atoms with Gasteiger partial charge in [0.25, 0.3) is 0 Å². The van der Waals surface area contributed by atoms with E-state index in [1.165, 1.54) is 5.56 Å². The van der Waals surface area contributed by atoms with Crippen LogP contribution in [0, 0.1) is 0 Å². The van der Waals surface area contributed by atoms with E-state index < -0.39 is 5.97 Å². The molecule has 8 heteroatoms. The number of hydrogen-bond acceptors (Lipinski definition) is 6. The third-order valence-corrected chi connectivity index (χ3v) is 6.03. The van der Waals surface area contributed by atoms with Crippen LogP contribution in [-0.2, 0) is 19.1 Å². The smallest absolute Gasteiger partial charge is 0.303 e. The van der Waals surface area contributed by atoms with Crippen LogP contribution in [-0.4, -0.2) is 66.7 Å². The Kier molecular flexibility index (Phi) is 8.85. The molecule has 3 rings (SSSR count). The fraction of sp³-hybridized carbons (Fsp3) is 0.609. The number of carbonyl (C=O) groups is 3. The fourth-order valence-electron chi connectivity index (χ4n) is 4.15. The van der Waals surface area contributed by atoms with E-state index in [4.69, 9.17) is 9.84 Å². The number of rotatable bonds is 11. The highest BCUT2D eigenvalue weighted by atomic mass is 16.5. The highest BCUT2D eigenvalue weighted by Crippen LogP contribution is 2.29. The number of imide groups is 1. The number of nitrogens with one attached hydrogen (secondary N) is 2. The summed E-state index contributed by atoms with van der Waals surface area (Å²) in [6, 6.07) is 7.95. The molecule has 2 saturated heterocycles. The van der Waals surface area contributed by atoms with Crippen LogP contribution in [0.5, 0.6) is 0 Å². The Balaban J connectivity index is 1.33. The lowest BCUT2D eigenvalue weighted by molar-refractivity contribution is -0.137. The van der Waals surface area contributed by atoms with Gasteiger partial charge in [-0.2, -0.15) is 0 Å². The Morgan fingerprint density at radius 3 is 2.52 bits per heavy atom. The quantitative estimate of drug-likeness (QED) is 0.365. The normalized spacial score (nSPS) is 20.5. The van der Waals surface area contributed by atoms with Crippen LogP contribution in [0.3, 0.4) is 0 Å². The number of aliphatic carboxylic acids is 1. The molecule has 0 radical (unpaired) electrons. The van der Waals surface area contributed by atoms with Gasteiger partial charge in [-0.1, -0.05) is 12.1 Å². The summed E-state index contributed by atoms with van der Waals surface area (Å²) < 4.78 is 5.63. The van der Waals surface area contributed by atoms with E-state index in [2.05, 4.69) is 27.7 Å². The number of unbranched alkanes of at least 4 members (excludes halogenated alkanes) is 1. The van der Waals surface area contributed by atoms with Gasteiger partial charge in [-0.25, -0.2) is 0 Å². The summed E-state index contributed by atoms with van der Waals surface area (Å²) in [6.45, 7) is 4.33. The zero-order chi connectivity index (χ0) is 22.1. The average molecular weight is 432 g/mol. The van der Waals surface area contributed by atoms with Crippen molar-refractivity contribution in [3.63, 3.8) is 0 Å². The molecule has 0 aromatic heterocycles. The lowest BCUT2D eigenvalue weighted by Crippen LogP contribution is -2.47. The maximum Gasteiger partial charge on any atom is 0.303 e. The molecule has 2 aliphatic rings. The van der Waals surface area contributed by atoms with Crippen molar-refractivity contribution >= 4 is 23.5 Å². The van der Waals surface area contributed by atoms with Crippen molar-refractivity contribution in [1.82, 2.24) is 10.2 Å². The van der Waals surface area contributed by atoms with Crippen molar-refractivity contribution in [2.75, 3.05) is 38.2 Å². The lowest BCUT2D eigenvalue weighted by atomic mass is 9.89. The molecule has 0 saturated carbocycles. The third kappa shape index (κ3) is 7.63. The predicted octanol–water partition coefficient (Wildman–Crippen LogP) is 2.35. The topological polar surface area (TPSA) is 108 Å². The molecule has 0 bridgehead atoms. The minimum atomic E-state index is -0.747. The van der Waals surface area contributed by atoms with Crippen LogP contribution in [0.15, 0.2) is 24.3 Å². The summed E-state index contributed by atoms with van der Waals surface area (Å²) >= 11 is 0. The molecule has 0 unspecified atom stereocenters. The van der Waals surface area contributed by atoms with Crippen molar-refractivity contribution in [2.45, 2.75) is 56.9 Å². The van der Waals surface area contributed by atoms with Crippen molar-refractivity contribution in [2.24, 2.45) is 0 Å². The molecule has 170 valence electrons. The second kappa shape index (κ2) is 11.8. The van der Waals surface area contributed by atoms with Crippen molar-refractivity contribution in [3.05, 3.63) is 29.8 Å². The monoisotopic (exact) mass is 431 g/mol. The van der Waals surface area contributed by atoms with E-state index in [0.29, 0.717) is 38.4 Å². The first kappa shape index (κ1) is 23.2. The summed E-state index contributed by atoms with van der Waals surface area (Å²) in [5.74, 6) is -0.662. The molecule has 1 aromatic rings. The molecule has 3 N–H and O–H groups in total. The molecule has 8 nitrogen and oxygen atoms in total. The number of likely N-dealkylation sites (tertiary alicyclic amines) is 1. The van der Waals surface area contributed by atoms with Crippen LogP contribution in [0.1, 0.15) is 56.4 Å². The standard InChI is InChI=1S/C23H33N3O5/c27-21-9-8-20(23(30)25-21)24-19-6-4-17(5-7-19)18-10-12-26(13-11-18)14-16-31-15-2-1-3-22(28)29/h4-7,18,20,24H,1-3,8-16H2,(H,28,29)(H,25,27,30)/t20-/m1/s1. The highest BCUT2D eigenvalue weighted by molar-refractivity contribution is 6.01. The van der Waals surface area contributed by atoms with Crippen LogP contribution in [0.4, 0.5) is 5.69 Å². The maximum absolute atomic E-state index is 11.9. The number of amides is 2. The number of ether oxygens (including phenoxy) is 1. The molecule has 2 aliphatic heterocycles. The van der Waals surface area contributed by atoms with Crippen molar-refractivity contribution in [3.8, 4) is 0 Å². The molecule has 2 fully saturated rings. The number of hydrogen-bond donors (Lipinski definition) is 3. The minimum Gasteiger partial charge on any atom is -0.481 e. The lowest BCUT2D eigenvalue weighted by Gasteiger charge is -2.32. The van der Waals surface area contributed by atoms with Crippen molar-refractivity contribution < 1.29 is 24.2 Å². The first-order chi connectivity index (χ1) is 15.0. The molecular formula is C23H33N3O5. The first-order valence-corrected chi connectivity index (χ1v) is 11.2. The van der Waals surface area contributed by atoms with Gasteiger partial charge in [0.05, 0.1) is 6.61 Å². The van der Waals surface area contributed by atoms with Gasteiger partial charge >= 0.3 is 5.97 Å². The SMILES string of the molecule is O=C(O)CCCCOCCN1CCC(c2ccc(N[C@@H]3CCC(=O)NC3=O)cc2)CC1. The van der Waals surface area contributed by atoms with E-state index in [0.717, 1.165) is 44.6 Å². The van der Waals surface area contributed by atoms with Crippen LogP contribution < -0.4 is 10.6 Å². The number of carbonyl (C=O) groups excluding carboxylic acids is 2. The summed E-state index contributed by atoms with van der Waals surface area (Å²) in [7, 11) is 0. The number of carboxylic acids is 1. The Morgan fingerprint density at radius 1 is 1.10 bits per heavy atom. The van der Waals surface area contributed by atoms with Gasteiger partial charge in [-0.15, -0.1) is 0 Å². The molecule has 1 aromatic carbocycles. The fourth-order valence-corrected chi connectivity index (χ4v) is 4.15. The van der Waals surface area contributed by atoms with Gasteiger partial charge < -0.3 is 20.1 Å². The summed E-state index contributed by atoms with van der Waals surface area (Å²) in [5, 5.41) is 14.2. The largest absolute Gasteiger partial charge is 0.481 e. The molecular weight excluding hydrogens is 398 g/mol. The predicted molar refractivity (Wildman–Crippen MR) is 117 cm³/mol. The number of benzene rings is 1. The highest BCUT2D eigenvalue weighted by Gasteiger charge is 2.26. The minimum absolute atomic E-state index is 0.202. The summed E-state index contributed by atoms with van der Waals surface area (Å²) in [6.07, 6.45) is 4.79. The van der Waals surface area contributed by atoms with Crippen molar-refractivity contribution in [1.29, 1.82) is 0 Å². The molecule has 0 aliphatic carbocycles. The van der Waals surface area contributed by atoms with E-state index >= 15 is 0 Å². The Labute approximate surface area is 183 Å². The van der Waals surface area contributed by atoms with Gasteiger partial charge in [0, 0.05) is 31.7 Å². The number of carboxylic acid groups (broad SMARTS) is 1. The Hall–Kier alpha value is -2.45. The average Bonchev–Trinajstić information content (AvgIpc) is 2.76. The summed E-state index contributed by atoms with van der Waals surface area (Å²) in [5.41, 5.74) is 2.22. The van der Waals surface area contributed by atoms with Gasteiger partial charge in [-0.3, -0.25) is 19.7 Å². The van der Waals surface area contributed by atoms with Crippen LogP contribution in [0.25, 0.3) is 0 Å². The number of anilines is 1. The van der Waals surface area contributed by atoms with Gasteiger partial charge in [0.15, 0.2) is 0 Å². The van der Waals surface area contributed by atoms with Gasteiger partial charge in [0.2, 0.25) is 11.8 Å². The van der Waals surface area contributed by atoms with Crippen LogP contribution in [0.2, 0.25) is 0 Å². The zero-order valence-corrected chi connectivity index (χ0v) is 18.0. The second-order valence-corrected chi connectivity index (χ2v) is 8.35. The third-order valence-electron chi connectivity index (χ3n) is 6.03. The zero-order valence-electron chi connectivity index (χ0n) is 18.0. The summed E-state index contributed by atoms with van der Waals surface area (Å²) in [4.78, 5) is 36.0. The molecule has 0 spiro atoms. The maximum atomic E-state index is 11.9. The van der Waals surface area contributed by atoms with E-state index in [1.807, 2.05) is 12.1 Å². The molecule has 31 heavy (non-hydrogen) atoms. The van der Waals surface area contributed by atoms with Crippen LogP contribution >= 0.6 is 0 Å². The molecule has 2 amide bonds. The number of nitrogens with zero attached hydrogens (tertiary/aromatic N) is 1. The van der Waals surface area contributed by atoms with Gasteiger partial charge in [0.1, 0.15) is 6.04 Å². The molecule has 2 heterocycles. The second-order valence-electron chi connectivity index (χ2n) is 8.35. The first-order valence-electron chi connectivity index (χ1n) is 11.2. The van der Waals surface area contributed by atoms with E-state index in [-0.39, 0.29) is 24.3 Å². The van der Waals surface area contributed by atoms with Gasteiger partial charge in [-0.05, 0) is 68.8 Å². The number of piperidine rings is 2. The van der Waals surface area contributed by atoms with E-state index in [1.54, 1.807) is 0 Å². The molecule has 1 atom stereocenters. The Bertz CT molecular complexity index is 744.